The number of nitrogens with zero attached hydrogens (tertiary/aromatic N) is 1. The molecule has 1 saturated heterocycles. The van der Waals surface area contributed by atoms with E-state index in [4.69, 9.17) is 0 Å². The molecule has 0 spiro atoms. The van der Waals surface area contributed by atoms with Gasteiger partial charge in [-0.1, -0.05) is 22.0 Å². The Morgan fingerprint density at radius 1 is 1.50 bits per heavy atom. The quantitative estimate of drug-likeness (QED) is 0.898. The van der Waals surface area contributed by atoms with Crippen LogP contribution in [-0.2, 0) is 0 Å². The number of hydrogen-bond acceptors (Lipinski definition) is 2. The molecule has 0 aromatic heterocycles. The molecule has 0 radical (unpaired) electrons. The maximum absolute atomic E-state index is 9.57. The van der Waals surface area contributed by atoms with Gasteiger partial charge in [0.25, 0.3) is 0 Å². The van der Waals surface area contributed by atoms with Gasteiger partial charge in [0.2, 0.25) is 0 Å². The molecular formula is C13H18BrNO. The molecule has 1 aromatic rings. The first-order valence-corrected chi connectivity index (χ1v) is 6.63. The first-order valence-electron chi connectivity index (χ1n) is 5.83. The molecule has 2 unspecified atom stereocenters. The molecule has 3 heteroatoms. The van der Waals surface area contributed by atoms with Crippen molar-refractivity contribution < 1.29 is 5.11 Å². The molecule has 2 atom stereocenters. The summed E-state index contributed by atoms with van der Waals surface area (Å²) in [7, 11) is 0. The zero-order valence-corrected chi connectivity index (χ0v) is 11.4. The third kappa shape index (κ3) is 2.25. The van der Waals surface area contributed by atoms with E-state index in [-0.39, 0.29) is 0 Å². The zero-order valence-electron chi connectivity index (χ0n) is 9.78. The molecule has 0 amide bonds. The van der Waals surface area contributed by atoms with Gasteiger partial charge in [-0.15, -0.1) is 0 Å². The highest BCUT2D eigenvalue weighted by atomic mass is 79.9. The molecule has 0 bridgehead atoms. The van der Waals surface area contributed by atoms with Crippen molar-refractivity contribution in [3.05, 3.63) is 28.2 Å². The van der Waals surface area contributed by atoms with Crippen LogP contribution >= 0.6 is 15.9 Å². The van der Waals surface area contributed by atoms with E-state index < -0.39 is 6.10 Å². The van der Waals surface area contributed by atoms with Gasteiger partial charge >= 0.3 is 0 Å². The predicted molar refractivity (Wildman–Crippen MR) is 70.8 cm³/mol. The lowest BCUT2D eigenvalue weighted by Crippen LogP contribution is -2.26. The fourth-order valence-electron chi connectivity index (χ4n) is 2.35. The van der Waals surface area contributed by atoms with Crippen molar-refractivity contribution in [2.75, 3.05) is 11.4 Å². The molecule has 0 saturated carbocycles. The van der Waals surface area contributed by atoms with Crippen molar-refractivity contribution in [1.29, 1.82) is 0 Å². The van der Waals surface area contributed by atoms with Gasteiger partial charge in [-0.2, -0.15) is 0 Å². The molecule has 1 heterocycles. The minimum Gasteiger partial charge on any atom is -0.389 e. The lowest BCUT2D eigenvalue weighted by molar-refractivity contribution is 0.198. The summed E-state index contributed by atoms with van der Waals surface area (Å²) >= 11 is 3.53. The van der Waals surface area contributed by atoms with E-state index in [1.807, 2.05) is 6.07 Å². The van der Waals surface area contributed by atoms with E-state index in [0.29, 0.717) is 6.04 Å². The lowest BCUT2D eigenvalue weighted by atomic mass is 10.1. The van der Waals surface area contributed by atoms with E-state index in [1.165, 1.54) is 18.5 Å². The highest BCUT2D eigenvalue weighted by Gasteiger charge is 2.21. The summed E-state index contributed by atoms with van der Waals surface area (Å²) in [6.07, 6.45) is 2.13. The van der Waals surface area contributed by atoms with Gasteiger partial charge in [-0.3, -0.25) is 0 Å². The predicted octanol–water partition coefficient (Wildman–Crippen LogP) is 3.49. The number of hydrogen-bond donors (Lipinski definition) is 1. The first kappa shape index (κ1) is 11.9. The summed E-state index contributed by atoms with van der Waals surface area (Å²) in [4.78, 5) is 2.43. The number of benzene rings is 1. The van der Waals surface area contributed by atoms with Crippen LogP contribution in [0.4, 0.5) is 5.69 Å². The average molecular weight is 284 g/mol. The van der Waals surface area contributed by atoms with E-state index >= 15 is 0 Å². The van der Waals surface area contributed by atoms with Crippen LogP contribution < -0.4 is 4.90 Å². The number of aliphatic hydroxyl groups excluding tert-OH is 1. The van der Waals surface area contributed by atoms with Gasteiger partial charge in [-0.25, -0.2) is 0 Å². The average Bonchev–Trinajstić information content (AvgIpc) is 2.63. The molecular weight excluding hydrogens is 266 g/mol. The first-order chi connectivity index (χ1) is 7.59. The molecule has 1 aliphatic heterocycles. The zero-order chi connectivity index (χ0) is 11.7. The minimum atomic E-state index is -0.417. The molecule has 1 aromatic carbocycles. The molecule has 0 aliphatic carbocycles. The van der Waals surface area contributed by atoms with Gasteiger partial charge in [0.15, 0.2) is 0 Å². The van der Waals surface area contributed by atoms with E-state index in [2.05, 4.69) is 39.9 Å². The minimum absolute atomic E-state index is 0.417. The van der Waals surface area contributed by atoms with E-state index in [0.717, 1.165) is 16.6 Å². The Labute approximate surface area is 105 Å². The molecule has 2 nitrogen and oxygen atoms in total. The number of rotatable bonds is 2. The summed E-state index contributed by atoms with van der Waals surface area (Å²) in [5.74, 6) is 0. The van der Waals surface area contributed by atoms with Crippen molar-refractivity contribution in [3.8, 4) is 0 Å². The molecule has 1 aliphatic rings. The number of anilines is 1. The second kappa shape index (κ2) is 4.76. The molecule has 2 rings (SSSR count). The largest absolute Gasteiger partial charge is 0.389 e. The topological polar surface area (TPSA) is 23.5 Å². The second-order valence-electron chi connectivity index (χ2n) is 4.57. The maximum Gasteiger partial charge on any atom is 0.0772 e. The van der Waals surface area contributed by atoms with E-state index in [9.17, 15) is 5.11 Å². The number of aliphatic hydroxyl groups is 1. The second-order valence-corrected chi connectivity index (χ2v) is 5.42. The van der Waals surface area contributed by atoms with Crippen molar-refractivity contribution in [1.82, 2.24) is 0 Å². The van der Waals surface area contributed by atoms with Gasteiger partial charge in [0, 0.05) is 22.7 Å². The molecule has 88 valence electrons. The summed E-state index contributed by atoms with van der Waals surface area (Å²) in [6, 6.07) is 6.86. The summed E-state index contributed by atoms with van der Waals surface area (Å²) in [5, 5.41) is 9.57. The van der Waals surface area contributed by atoms with Crippen molar-refractivity contribution >= 4 is 21.6 Å². The third-order valence-electron chi connectivity index (χ3n) is 3.32. The smallest absolute Gasteiger partial charge is 0.0772 e. The highest BCUT2D eigenvalue weighted by Crippen LogP contribution is 2.31. The van der Waals surface area contributed by atoms with Crippen LogP contribution in [-0.4, -0.2) is 17.7 Å². The van der Waals surface area contributed by atoms with Crippen LogP contribution in [0.15, 0.2) is 22.7 Å². The Morgan fingerprint density at radius 2 is 2.25 bits per heavy atom. The van der Waals surface area contributed by atoms with Crippen LogP contribution in [0.3, 0.4) is 0 Å². The molecule has 1 N–H and O–H groups in total. The fourth-order valence-corrected chi connectivity index (χ4v) is 3.05. The maximum atomic E-state index is 9.57. The van der Waals surface area contributed by atoms with Crippen molar-refractivity contribution in [2.45, 2.75) is 38.8 Å². The van der Waals surface area contributed by atoms with Crippen LogP contribution in [0, 0.1) is 0 Å². The summed E-state index contributed by atoms with van der Waals surface area (Å²) in [5.41, 5.74) is 2.21. The standard InChI is InChI=1S/C13H18BrNO/c1-9-4-3-7-15(9)11-5-6-12(10(2)16)13(14)8-11/h5-6,8-10,16H,3-4,7H2,1-2H3. The van der Waals surface area contributed by atoms with Crippen LogP contribution in [0.5, 0.6) is 0 Å². The fraction of sp³-hybridized carbons (Fsp3) is 0.538. The Morgan fingerprint density at radius 3 is 2.75 bits per heavy atom. The Bertz CT molecular complexity index is 378. The lowest BCUT2D eigenvalue weighted by Gasteiger charge is -2.24. The van der Waals surface area contributed by atoms with Gasteiger partial charge in [0.05, 0.1) is 6.10 Å². The van der Waals surface area contributed by atoms with Crippen molar-refractivity contribution in [3.63, 3.8) is 0 Å². The van der Waals surface area contributed by atoms with Crippen LogP contribution in [0.2, 0.25) is 0 Å². The van der Waals surface area contributed by atoms with Crippen LogP contribution in [0.25, 0.3) is 0 Å². The molecule has 16 heavy (non-hydrogen) atoms. The van der Waals surface area contributed by atoms with E-state index in [1.54, 1.807) is 6.92 Å². The summed E-state index contributed by atoms with van der Waals surface area (Å²) in [6.45, 7) is 5.20. The Balaban J connectivity index is 2.27. The number of halogens is 1. The third-order valence-corrected chi connectivity index (χ3v) is 4.01. The van der Waals surface area contributed by atoms with Crippen LogP contribution in [0.1, 0.15) is 38.4 Å². The van der Waals surface area contributed by atoms with Crippen molar-refractivity contribution in [2.24, 2.45) is 0 Å². The molecule has 1 fully saturated rings. The van der Waals surface area contributed by atoms with Gasteiger partial charge in [-0.05, 0) is 44.4 Å². The Hall–Kier alpha value is -0.540. The monoisotopic (exact) mass is 283 g/mol. The SMILES string of the molecule is CC(O)c1ccc(N2CCCC2C)cc1Br. The summed E-state index contributed by atoms with van der Waals surface area (Å²) < 4.78 is 0.999. The van der Waals surface area contributed by atoms with Gasteiger partial charge < -0.3 is 10.0 Å². The van der Waals surface area contributed by atoms with Gasteiger partial charge in [0.1, 0.15) is 0 Å². The Kier molecular flexibility index (Phi) is 3.55. The normalized spacial score (nSPS) is 22.5. The highest BCUT2D eigenvalue weighted by molar-refractivity contribution is 9.10.